The van der Waals surface area contributed by atoms with E-state index in [1.165, 1.54) is 5.69 Å². The number of aromatic carboxylic acids is 1. The largest absolute Gasteiger partial charge is 0.477 e. The van der Waals surface area contributed by atoms with E-state index in [1.807, 2.05) is 23.1 Å². The van der Waals surface area contributed by atoms with Crippen molar-refractivity contribution in [2.24, 2.45) is 0 Å². The summed E-state index contributed by atoms with van der Waals surface area (Å²) in [6.07, 6.45) is 1.11. The molecule has 0 unspecified atom stereocenters. The minimum Gasteiger partial charge on any atom is -0.477 e. The molecule has 0 atom stereocenters. The molecule has 1 aromatic carbocycles. The Kier molecular flexibility index (Phi) is 3.78. The fraction of sp³-hybridized carbons (Fsp3) is 0.267. The zero-order valence-corrected chi connectivity index (χ0v) is 11.9. The summed E-state index contributed by atoms with van der Waals surface area (Å²) in [4.78, 5) is 33.3. The zero-order chi connectivity index (χ0) is 15.5. The van der Waals surface area contributed by atoms with E-state index in [0.29, 0.717) is 19.0 Å². The van der Waals surface area contributed by atoms with Crippen LogP contribution in [0.15, 0.2) is 41.3 Å². The number of nitrogens with zero attached hydrogens (tertiary/aromatic N) is 3. The minimum atomic E-state index is -1.27. The van der Waals surface area contributed by atoms with E-state index in [0.717, 1.165) is 19.3 Å². The molecule has 0 bridgehead atoms. The highest BCUT2D eigenvalue weighted by molar-refractivity contribution is 5.86. The lowest BCUT2D eigenvalue weighted by Gasteiger charge is -2.36. The van der Waals surface area contributed by atoms with Crippen LogP contribution < -0.4 is 15.4 Å². The minimum absolute atomic E-state index is 0.341. The van der Waals surface area contributed by atoms with Gasteiger partial charge < -0.3 is 14.9 Å². The van der Waals surface area contributed by atoms with E-state index in [4.69, 9.17) is 5.11 Å². The van der Waals surface area contributed by atoms with Crippen molar-refractivity contribution in [3.63, 3.8) is 0 Å². The summed E-state index contributed by atoms with van der Waals surface area (Å²) in [6, 6.07) is 10.1. The molecule has 22 heavy (non-hydrogen) atoms. The Labute approximate surface area is 126 Å². The summed E-state index contributed by atoms with van der Waals surface area (Å²) in [5.74, 6) is -0.850. The van der Waals surface area contributed by atoms with E-state index < -0.39 is 11.5 Å². The van der Waals surface area contributed by atoms with Crippen LogP contribution in [-0.4, -0.2) is 47.2 Å². The number of hydrogen-bond acceptors (Lipinski definition) is 5. The van der Waals surface area contributed by atoms with Crippen LogP contribution in [0.25, 0.3) is 0 Å². The fourth-order valence-electron chi connectivity index (χ4n) is 2.51. The van der Waals surface area contributed by atoms with Gasteiger partial charge in [0.1, 0.15) is 5.56 Å². The highest BCUT2D eigenvalue weighted by Gasteiger charge is 2.20. The maximum Gasteiger partial charge on any atom is 0.342 e. The summed E-state index contributed by atoms with van der Waals surface area (Å²) in [7, 11) is 0. The first-order chi connectivity index (χ1) is 10.6. The highest BCUT2D eigenvalue weighted by atomic mass is 16.4. The van der Waals surface area contributed by atoms with E-state index in [1.54, 1.807) is 0 Å². The van der Waals surface area contributed by atoms with Crippen LogP contribution in [0, 0.1) is 0 Å². The quantitative estimate of drug-likeness (QED) is 0.871. The van der Waals surface area contributed by atoms with Crippen molar-refractivity contribution in [3.8, 4) is 0 Å². The topological polar surface area (TPSA) is 89.5 Å². The number of hydrogen-bond donors (Lipinski definition) is 2. The van der Waals surface area contributed by atoms with Crippen molar-refractivity contribution in [3.05, 3.63) is 52.4 Å². The predicted octanol–water partition coefficient (Wildman–Crippen LogP) is 0.795. The molecular formula is C15H16N4O3. The molecule has 3 rings (SSSR count). The Balaban J connectivity index is 1.70. The third kappa shape index (κ3) is 2.78. The van der Waals surface area contributed by atoms with E-state index in [-0.39, 0.29) is 5.56 Å². The van der Waals surface area contributed by atoms with Gasteiger partial charge in [-0.25, -0.2) is 9.78 Å². The molecule has 2 heterocycles. The van der Waals surface area contributed by atoms with Crippen molar-refractivity contribution in [1.29, 1.82) is 0 Å². The van der Waals surface area contributed by atoms with Crippen LogP contribution >= 0.6 is 0 Å². The van der Waals surface area contributed by atoms with Gasteiger partial charge in [-0.15, -0.1) is 0 Å². The van der Waals surface area contributed by atoms with Gasteiger partial charge in [-0.05, 0) is 12.1 Å². The summed E-state index contributed by atoms with van der Waals surface area (Å²) in [5, 5.41) is 8.85. The molecule has 0 saturated carbocycles. The molecule has 1 fully saturated rings. The first kappa shape index (κ1) is 14.1. The van der Waals surface area contributed by atoms with Gasteiger partial charge in [0, 0.05) is 31.9 Å². The molecule has 1 saturated heterocycles. The molecule has 7 heteroatoms. The molecular weight excluding hydrogens is 284 g/mol. The molecule has 1 aromatic heterocycles. The third-order valence-electron chi connectivity index (χ3n) is 3.72. The van der Waals surface area contributed by atoms with Crippen LogP contribution in [0.2, 0.25) is 0 Å². The Bertz CT molecular complexity index is 721. The average molecular weight is 300 g/mol. The lowest BCUT2D eigenvalue weighted by molar-refractivity contribution is 0.0694. The van der Waals surface area contributed by atoms with Crippen LogP contribution in [0.3, 0.4) is 0 Å². The van der Waals surface area contributed by atoms with Crippen molar-refractivity contribution < 1.29 is 9.90 Å². The number of piperazine rings is 1. The van der Waals surface area contributed by atoms with Crippen LogP contribution in [0.5, 0.6) is 0 Å². The van der Waals surface area contributed by atoms with Gasteiger partial charge in [0.15, 0.2) is 0 Å². The van der Waals surface area contributed by atoms with Gasteiger partial charge >= 0.3 is 5.97 Å². The van der Waals surface area contributed by atoms with Gasteiger partial charge in [0.2, 0.25) is 5.95 Å². The number of aromatic amines is 1. The van der Waals surface area contributed by atoms with Crippen molar-refractivity contribution >= 4 is 17.6 Å². The monoisotopic (exact) mass is 300 g/mol. The molecule has 114 valence electrons. The molecule has 7 nitrogen and oxygen atoms in total. The number of carboxylic acid groups (broad SMARTS) is 1. The Morgan fingerprint density at radius 3 is 2.32 bits per heavy atom. The van der Waals surface area contributed by atoms with E-state index in [9.17, 15) is 9.59 Å². The number of aromatic nitrogens is 2. The summed E-state index contributed by atoms with van der Waals surface area (Å²) >= 11 is 0. The first-order valence-corrected chi connectivity index (χ1v) is 7.03. The van der Waals surface area contributed by atoms with E-state index in [2.05, 4.69) is 27.0 Å². The van der Waals surface area contributed by atoms with Crippen LogP contribution in [-0.2, 0) is 0 Å². The number of nitrogens with one attached hydrogen (secondary N) is 1. The zero-order valence-electron chi connectivity index (χ0n) is 11.9. The second-order valence-electron chi connectivity index (χ2n) is 5.06. The van der Waals surface area contributed by atoms with Crippen LogP contribution in [0.1, 0.15) is 10.4 Å². The second kappa shape index (κ2) is 5.88. The molecule has 1 aliphatic rings. The maximum atomic E-state index is 11.7. The molecule has 2 N–H and O–H groups in total. The summed E-state index contributed by atoms with van der Waals surface area (Å²) in [5.41, 5.74) is 0.208. The summed E-state index contributed by atoms with van der Waals surface area (Å²) < 4.78 is 0. The van der Waals surface area contributed by atoms with Crippen molar-refractivity contribution in [1.82, 2.24) is 9.97 Å². The number of para-hydroxylation sites is 1. The highest BCUT2D eigenvalue weighted by Crippen LogP contribution is 2.17. The molecule has 0 spiro atoms. The second-order valence-corrected chi connectivity index (χ2v) is 5.06. The fourth-order valence-corrected chi connectivity index (χ4v) is 2.51. The summed E-state index contributed by atoms with van der Waals surface area (Å²) in [6.45, 7) is 3.05. The number of rotatable bonds is 3. The Hall–Kier alpha value is -2.83. The smallest absolute Gasteiger partial charge is 0.342 e. The standard InChI is InChI=1S/C15H16N4O3/c20-13-12(14(21)22)10-16-15(17-13)19-8-6-18(7-9-19)11-4-2-1-3-5-11/h1-5,10H,6-9H2,(H,21,22)(H,16,17,20). The lowest BCUT2D eigenvalue weighted by atomic mass is 10.2. The Morgan fingerprint density at radius 1 is 1.09 bits per heavy atom. The van der Waals surface area contributed by atoms with Gasteiger partial charge in [-0.3, -0.25) is 9.78 Å². The molecule has 1 aliphatic heterocycles. The van der Waals surface area contributed by atoms with Crippen molar-refractivity contribution in [2.45, 2.75) is 0 Å². The van der Waals surface area contributed by atoms with Gasteiger partial charge in [0.25, 0.3) is 5.56 Å². The number of anilines is 2. The molecule has 0 amide bonds. The molecule has 0 aliphatic carbocycles. The number of carboxylic acids is 1. The number of carbonyl (C=O) groups is 1. The van der Waals surface area contributed by atoms with E-state index >= 15 is 0 Å². The lowest BCUT2D eigenvalue weighted by Crippen LogP contribution is -2.47. The van der Waals surface area contributed by atoms with Gasteiger partial charge in [0.05, 0.1) is 6.20 Å². The first-order valence-electron chi connectivity index (χ1n) is 7.03. The predicted molar refractivity (Wildman–Crippen MR) is 82.7 cm³/mol. The normalized spacial score (nSPS) is 14.9. The molecule has 0 radical (unpaired) electrons. The molecule has 2 aromatic rings. The van der Waals surface area contributed by atoms with Crippen LogP contribution in [0.4, 0.5) is 11.6 Å². The third-order valence-corrected chi connectivity index (χ3v) is 3.72. The maximum absolute atomic E-state index is 11.7. The number of benzene rings is 1. The SMILES string of the molecule is O=C(O)c1cnc(N2CCN(c3ccccc3)CC2)[nH]c1=O. The van der Waals surface area contributed by atoms with Crippen molar-refractivity contribution in [2.75, 3.05) is 36.0 Å². The van der Waals surface area contributed by atoms with Gasteiger partial charge in [-0.2, -0.15) is 0 Å². The Morgan fingerprint density at radius 2 is 1.73 bits per heavy atom. The number of H-pyrrole nitrogens is 1. The van der Waals surface area contributed by atoms with Gasteiger partial charge in [-0.1, -0.05) is 18.2 Å². The average Bonchev–Trinajstić information content (AvgIpc) is 2.55.